The van der Waals surface area contributed by atoms with Crippen LogP contribution in [-0.2, 0) is 10.2 Å². The van der Waals surface area contributed by atoms with E-state index in [1.54, 1.807) is 0 Å². The molecule has 1 unspecified atom stereocenters. The van der Waals surface area contributed by atoms with Crippen molar-refractivity contribution in [3.63, 3.8) is 0 Å². The first kappa shape index (κ1) is 14.6. The molecule has 0 heterocycles. The van der Waals surface area contributed by atoms with Crippen LogP contribution >= 0.6 is 15.9 Å². The fourth-order valence-electron chi connectivity index (χ4n) is 2.54. The Kier molecular flexibility index (Phi) is 5.03. The van der Waals surface area contributed by atoms with Gasteiger partial charge < -0.3 is 5.32 Å². The number of carbonyl (C=O) groups is 1. The molecule has 0 aromatic heterocycles. The van der Waals surface area contributed by atoms with Crippen LogP contribution in [-0.4, -0.2) is 17.8 Å². The molecule has 2 nitrogen and oxygen atoms in total. The van der Waals surface area contributed by atoms with Gasteiger partial charge in [0.2, 0.25) is 5.91 Å². The summed E-state index contributed by atoms with van der Waals surface area (Å²) in [5.74, 6) is 0.793. The number of alkyl halides is 1. The van der Waals surface area contributed by atoms with E-state index in [2.05, 4.69) is 40.3 Å². The van der Waals surface area contributed by atoms with E-state index < -0.39 is 0 Å². The number of hydrogen-bond acceptors (Lipinski definition) is 1. The van der Waals surface area contributed by atoms with Crippen molar-refractivity contribution in [1.29, 1.82) is 0 Å². The third kappa shape index (κ3) is 3.38. The Morgan fingerprint density at radius 1 is 1.37 bits per heavy atom. The van der Waals surface area contributed by atoms with Crippen molar-refractivity contribution in [3.05, 3.63) is 35.9 Å². The predicted molar refractivity (Wildman–Crippen MR) is 82.6 cm³/mol. The van der Waals surface area contributed by atoms with Crippen LogP contribution in [0.25, 0.3) is 0 Å². The normalized spacial score (nSPS) is 17.8. The Morgan fingerprint density at radius 2 is 2.05 bits per heavy atom. The van der Waals surface area contributed by atoms with Crippen LogP contribution in [0.5, 0.6) is 0 Å². The second kappa shape index (κ2) is 6.56. The lowest BCUT2D eigenvalue weighted by Gasteiger charge is -2.19. The summed E-state index contributed by atoms with van der Waals surface area (Å²) in [6.07, 6.45) is 4.20. The average Bonchev–Trinajstić information content (AvgIpc) is 3.26. The Labute approximate surface area is 124 Å². The van der Waals surface area contributed by atoms with Crippen LogP contribution in [0.4, 0.5) is 0 Å². The highest BCUT2D eigenvalue weighted by Crippen LogP contribution is 2.48. The molecule has 1 aliphatic rings. The zero-order chi connectivity index (χ0) is 13.7. The van der Waals surface area contributed by atoms with Gasteiger partial charge in [-0.1, -0.05) is 59.6 Å². The molecular weight excluding hydrogens is 302 g/mol. The van der Waals surface area contributed by atoms with Crippen molar-refractivity contribution in [3.8, 4) is 0 Å². The Morgan fingerprint density at radius 3 is 2.58 bits per heavy atom. The van der Waals surface area contributed by atoms with E-state index in [4.69, 9.17) is 0 Å². The lowest BCUT2D eigenvalue weighted by atomic mass is 9.94. The maximum Gasteiger partial charge on any atom is 0.230 e. The Bertz CT molecular complexity index is 414. The van der Waals surface area contributed by atoms with Gasteiger partial charge in [0, 0.05) is 11.9 Å². The molecule has 104 valence electrons. The van der Waals surface area contributed by atoms with Crippen molar-refractivity contribution in [1.82, 2.24) is 5.32 Å². The van der Waals surface area contributed by atoms with Crippen molar-refractivity contribution < 1.29 is 4.79 Å². The highest BCUT2D eigenvalue weighted by atomic mass is 79.9. The SMILES string of the molecule is CCC(CCBr)CNC(=O)C1(c2ccccc2)CC1. The summed E-state index contributed by atoms with van der Waals surface area (Å²) in [4.78, 5) is 12.4. The molecule has 1 aromatic carbocycles. The van der Waals surface area contributed by atoms with E-state index >= 15 is 0 Å². The van der Waals surface area contributed by atoms with E-state index in [9.17, 15) is 4.79 Å². The van der Waals surface area contributed by atoms with Gasteiger partial charge in [-0.15, -0.1) is 0 Å². The van der Waals surface area contributed by atoms with Crippen molar-refractivity contribution in [2.75, 3.05) is 11.9 Å². The second-order valence-corrected chi connectivity index (χ2v) is 6.20. The molecule has 1 amide bonds. The fourth-order valence-corrected chi connectivity index (χ4v) is 3.19. The first-order valence-electron chi connectivity index (χ1n) is 7.12. The van der Waals surface area contributed by atoms with E-state index in [-0.39, 0.29) is 11.3 Å². The Hall–Kier alpha value is -0.830. The quantitative estimate of drug-likeness (QED) is 0.762. The molecule has 0 radical (unpaired) electrons. The number of rotatable bonds is 7. The van der Waals surface area contributed by atoms with Crippen molar-refractivity contribution in [2.24, 2.45) is 5.92 Å². The van der Waals surface area contributed by atoms with Crippen molar-refractivity contribution in [2.45, 2.75) is 38.0 Å². The molecule has 1 fully saturated rings. The van der Waals surface area contributed by atoms with Gasteiger partial charge in [0.1, 0.15) is 0 Å². The summed E-state index contributed by atoms with van der Waals surface area (Å²) in [7, 11) is 0. The first-order chi connectivity index (χ1) is 9.23. The number of nitrogens with one attached hydrogen (secondary N) is 1. The molecule has 19 heavy (non-hydrogen) atoms. The lowest BCUT2D eigenvalue weighted by Crippen LogP contribution is -2.37. The van der Waals surface area contributed by atoms with Crippen LogP contribution in [0.2, 0.25) is 0 Å². The third-order valence-corrected chi connectivity index (χ3v) is 4.61. The molecule has 2 rings (SSSR count). The lowest BCUT2D eigenvalue weighted by molar-refractivity contribution is -0.123. The molecule has 0 bridgehead atoms. The maximum atomic E-state index is 12.4. The topological polar surface area (TPSA) is 29.1 Å². The minimum Gasteiger partial charge on any atom is -0.355 e. The molecule has 0 saturated heterocycles. The van der Waals surface area contributed by atoms with Gasteiger partial charge >= 0.3 is 0 Å². The van der Waals surface area contributed by atoms with Crippen molar-refractivity contribution >= 4 is 21.8 Å². The smallest absolute Gasteiger partial charge is 0.230 e. The standard InChI is InChI=1S/C16H22BrNO/c1-2-13(8-11-17)12-18-15(19)16(9-10-16)14-6-4-3-5-7-14/h3-7,13H,2,8-12H2,1H3,(H,18,19). The second-order valence-electron chi connectivity index (χ2n) is 5.41. The van der Waals surface area contributed by atoms with Gasteiger partial charge in [-0.2, -0.15) is 0 Å². The zero-order valence-corrected chi connectivity index (χ0v) is 13.1. The molecule has 3 heteroatoms. The van der Waals surface area contributed by atoms with Gasteiger partial charge in [0.05, 0.1) is 5.41 Å². The molecular formula is C16H22BrNO. The highest BCUT2D eigenvalue weighted by Gasteiger charge is 2.50. The number of amides is 1. The summed E-state index contributed by atoms with van der Waals surface area (Å²) in [6, 6.07) is 10.2. The molecule has 1 N–H and O–H groups in total. The number of hydrogen-bond donors (Lipinski definition) is 1. The summed E-state index contributed by atoms with van der Waals surface area (Å²) < 4.78 is 0. The van der Waals surface area contributed by atoms with Crippen LogP contribution in [0.3, 0.4) is 0 Å². The van der Waals surface area contributed by atoms with Gasteiger partial charge in [0.25, 0.3) is 0 Å². The zero-order valence-electron chi connectivity index (χ0n) is 11.5. The van der Waals surface area contributed by atoms with Gasteiger partial charge in [0.15, 0.2) is 0 Å². The molecule has 1 aromatic rings. The molecule has 1 aliphatic carbocycles. The van der Waals surface area contributed by atoms with Gasteiger partial charge in [-0.3, -0.25) is 4.79 Å². The highest BCUT2D eigenvalue weighted by molar-refractivity contribution is 9.09. The molecule has 0 aliphatic heterocycles. The fraction of sp³-hybridized carbons (Fsp3) is 0.562. The van der Waals surface area contributed by atoms with E-state index in [1.807, 2.05) is 18.2 Å². The molecule has 1 atom stereocenters. The molecule has 1 saturated carbocycles. The maximum absolute atomic E-state index is 12.4. The monoisotopic (exact) mass is 323 g/mol. The van der Waals surface area contributed by atoms with Gasteiger partial charge in [-0.05, 0) is 30.7 Å². The largest absolute Gasteiger partial charge is 0.355 e. The number of benzene rings is 1. The Balaban J connectivity index is 1.93. The van der Waals surface area contributed by atoms with Crippen LogP contribution < -0.4 is 5.32 Å². The summed E-state index contributed by atoms with van der Waals surface area (Å²) in [6.45, 7) is 2.99. The van der Waals surface area contributed by atoms with Gasteiger partial charge in [-0.25, -0.2) is 0 Å². The summed E-state index contributed by atoms with van der Waals surface area (Å²) in [5.41, 5.74) is 0.939. The minimum atomic E-state index is -0.228. The number of halogens is 1. The third-order valence-electron chi connectivity index (χ3n) is 4.16. The van der Waals surface area contributed by atoms with Crippen LogP contribution in [0.1, 0.15) is 38.2 Å². The van der Waals surface area contributed by atoms with E-state index in [0.29, 0.717) is 5.92 Å². The predicted octanol–water partition coefficient (Wildman–Crippen LogP) is 3.65. The van der Waals surface area contributed by atoms with Crippen LogP contribution in [0, 0.1) is 5.92 Å². The average molecular weight is 324 g/mol. The number of carbonyl (C=O) groups excluding carboxylic acids is 1. The summed E-state index contributed by atoms with van der Waals surface area (Å²) >= 11 is 3.47. The minimum absolute atomic E-state index is 0.215. The summed E-state index contributed by atoms with van der Waals surface area (Å²) in [5, 5.41) is 4.17. The van der Waals surface area contributed by atoms with E-state index in [1.165, 1.54) is 5.56 Å². The first-order valence-corrected chi connectivity index (χ1v) is 8.25. The van der Waals surface area contributed by atoms with E-state index in [0.717, 1.165) is 37.6 Å². The van der Waals surface area contributed by atoms with Crippen LogP contribution in [0.15, 0.2) is 30.3 Å². The molecule has 0 spiro atoms.